The van der Waals surface area contributed by atoms with E-state index in [1.54, 1.807) is 22.7 Å². The minimum atomic E-state index is 0. The van der Waals surface area contributed by atoms with E-state index in [1.807, 2.05) is 5.51 Å². The minimum absolute atomic E-state index is 0. The second-order valence-corrected chi connectivity index (χ2v) is 5.65. The molecule has 0 aliphatic carbocycles. The zero-order valence-corrected chi connectivity index (χ0v) is 12.3. The molecule has 6 heteroatoms. The average molecular weight is 290 g/mol. The predicted octanol–water partition coefficient (Wildman–Crippen LogP) is 2.97. The monoisotopic (exact) mass is 289 g/mol. The Balaban J connectivity index is 0.00000144. The standard InChI is InChI=1S/C11H15N3S2.ClH/c1-8-11(16-9(2)14-8)3-4-12-5-10-6-15-7-13-10;/h6-7,12H,3-5H2,1-2H3;1H. The van der Waals surface area contributed by atoms with Crippen molar-refractivity contribution in [2.45, 2.75) is 26.8 Å². The molecule has 0 unspecified atom stereocenters. The molecule has 0 aromatic carbocycles. The SMILES string of the molecule is Cc1nc(C)c(CCNCc2cscn2)s1.Cl. The summed E-state index contributed by atoms with van der Waals surface area (Å²) in [4.78, 5) is 10.0. The summed E-state index contributed by atoms with van der Waals surface area (Å²) in [6.45, 7) is 5.99. The van der Waals surface area contributed by atoms with Crippen LogP contribution in [0.3, 0.4) is 0 Å². The lowest BCUT2D eigenvalue weighted by molar-refractivity contribution is 0.679. The molecule has 0 saturated heterocycles. The fraction of sp³-hybridized carbons (Fsp3) is 0.455. The Bertz CT molecular complexity index is 440. The molecule has 0 aliphatic heterocycles. The second kappa shape index (κ2) is 7.06. The van der Waals surface area contributed by atoms with E-state index in [-0.39, 0.29) is 12.4 Å². The predicted molar refractivity (Wildman–Crippen MR) is 76.4 cm³/mol. The van der Waals surface area contributed by atoms with E-state index in [9.17, 15) is 0 Å². The van der Waals surface area contributed by atoms with Crippen LogP contribution in [-0.2, 0) is 13.0 Å². The molecule has 0 spiro atoms. The van der Waals surface area contributed by atoms with Gasteiger partial charge in [0.15, 0.2) is 0 Å². The van der Waals surface area contributed by atoms with Crippen molar-refractivity contribution in [2.24, 2.45) is 0 Å². The maximum Gasteiger partial charge on any atom is 0.0900 e. The molecule has 0 aliphatic rings. The molecule has 1 N–H and O–H groups in total. The Kier molecular flexibility index (Phi) is 6.05. The average Bonchev–Trinajstić information content (AvgIpc) is 2.84. The highest BCUT2D eigenvalue weighted by Gasteiger charge is 2.03. The van der Waals surface area contributed by atoms with Crippen molar-refractivity contribution in [1.29, 1.82) is 0 Å². The maximum atomic E-state index is 4.42. The van der Waals surface area contributed by atoms with Gasteiger partial charge in [-0.25, -0.2) is 9.97 Å². The summed E-state index contributed by atoms with van der Waals surface area (Å²) in [6, 6.07) is 0. The molecule has 0 saturated carbocycles. The third-order valence-corrected chi connectivity index (χ3v) is 4.09. The lowest BCUT2D eigenvalue weighted by Crippen LogP contribution is -2.16. The summed E-state index contributed by atoms with van der Waals surface area (Å²) >= 11 is 3.44. The molecule has 2 rings (SSSR count). The topological polar surface area (TPSA) is 37.8 Å². The molecule has 3 nitrogen and oxygen atoms in total. The summed E-state index contributed by atoms with van der Waals surface area (Å²) in [5, 5.41) is 6.63. The lowest BCUT2D eigenvalue weighted by Gasteiger charge is -2.01. The van der Waals surface area contributed by atoms with Crippen LogP contribution in [0.4, 0.5) is 0 Å². The van der Waals surface area contributed by atoms with Crippen LogP contribution >= 0.6 is 35.1 Å². The molecule has 2 aromatic rings. The smallest absolute Gasteiger partial charge is 0.0900 e. The quantitative estimate of drug-likeness (QED) is 0.860. The van der Waals surface area contributed by atoms with Crippen molar-refractivity contribution in [3.05, 3.63) is 32.2 Å². The summed E-state index contributed by atoms with van der Waals surface area (Å²) < 4.78 is 0. The van der Waals surface area contributed by atoms with Gasteiger partial charge in [0, 0.05) is 23.3 Å². The fourth-order valence-corrected chi connectivity index (χ4v) is 3.04. The van der Waals surface area contributed by atoms with E-state index in [2.05, 4.69) is 34.5 Å². The van der Waals surface area contributed by atoms with Gasteiger partial charge in [-0.3, -0.25) is 0 Å². The number of hydrogen-bond donors (Lipinski definition) is 1. The highest BCUT2D eigenvalue weighted by atomic mass is 35.5. The number of nitrogens with one attached hydrogen (secondary N) is 1. The van der Waals surface area contributed by atoms with Crippen LogP contribution in [0.15, 0.2) is 10.9 Å². The minimum Gasteiger partial charge on any atom is -0.311 e. The summed E-state index contributed by atoms with van der Waals surface area (Å²) in [5.41, 5.74) is 4.17. The van der Waals surface area contributed by atoms with Gasteiger partial charge in [-0.15, -0.1) is 35.1 Å². The molecule has 17 heavy (non-hydrogen) atoms. The number of halogens is 1. The normalized spacial score (nSPS) is 10.2. The van der Waals surface area contributed by atoms with Crippen molar-refractivity contribution >= 4 is 35.1 Å². The molecular formula is C11H16ClN3S2. The van der Waals surface area contributed by atoms with E-state index < -0.39 is 0 Å². The Hall–Kier alpha value is -0.490. The zero-order valence-electron chi connectivity index (χ0n) is 9.90. The fourth-order valence-electron chi connectivity index (χ4n) is 1.55. The first-order chi connectivity index (χ1) is 7.75. The summed E-state index contributed by atoms with van der Waals surface area (Å²) in [6.07, 6.45) is 1.06. The zero-order chi connectivity index (χ0) is 11.4. The van der Waals surface area contributed by atoms with Gasteiger partial charge in [0.1, 0.15) is 0 Å². The molecule has 2 aromatic heterocycles. The largest absolute Gasteiger partial charge is 0.311 e. The summed E-state index contributed by atoms with van der Waals surface area (Å²) in [5.74, 6) is 0. The Morgan fingerprint density at radius 1 is 1.35 bits per heavy atom. The van der Waals surface area contributed by atoms with Gasteiger partial charge in [0.05, 0.1) is 21.9 Å². The second-order valence-electron chi connectivity index (χ2n) is 3.65. The van der Waals surface area contributed by atoms with Gasteiger partial charge in [0.2, 0.25) is 0 Å². The molecule has 0 atom stereocenters. The van der Waals surface area contributed by atoms with Crippen molar-refractivity contribution in [2.75, 3.05) is 6.54 Å². The number of nitrogens with zero attached hydrogens (tertiary/aromatic N) is 2. The molecule has 94 valence electrons. The van der Waals surface area contributed by atoms with Crippen LogP contribution in [-0.4, -0.2) is 16.5 Å². The van der Waals surface area contributed by atoms with Crippen LogP contribution in [0.1, 0.15) is 21.3 Å². The Labute approximate surface area is 116 Å². The van der Waals surface area contributed by atoms with Gasteiger partial charge in [-0.2, -0.15) is 0 Å². The number of rotatable bonds is 5. The van der Waals surface area contributed by atoms with Crippen LogP contribution in [0.2, 0.25) is 0 Å². The van der Waals surface area contributed by atoms with Crippen molar-refractivity contribution in [3.63, 3.8) is 0 Å². The van der Waals surface area contributed by atoms with Crippen LogP contribution in [0.5, 0.6) is 0 Å². The molecule has 0 amide bonds. The summed E-state index contributed by atoms with van der Waals surface area (Å²) in [7, 11) is 0. The van der Waals surface area contributed by atoms with Crippen LogP contribution in [0.25, 0.3) is 0 Å². The molecule has 0 bridgehead atoms. The van der Waals surface area contributed by atoms with Gasteiger partial charge < -0.3 is 5.32 Å². The molecule has 0 radical (unpaired) electrons. The number of aromatic nitrogens is 2. The van der Waals surface area contributed by atoms with E-state index in [0.29, 0.717) is 0 Å². The van der Waals surface area contributed by atoms with E-state index in [4.69, 9.17) is 0 Å². The Morgan fingerprint density at radius 2 is 2.18 bits per heavy atom. The van der Waals surface area contributed by atoms with E-state index >= 15 is 0 Å². The van der Waals surface area contributed by atoms with Crippen molar-refractivity contribution in [1.82, 2.24) is 15.3 Å². The van der Waals surface area contributed by atoms with E-state index in [1.165, 1.54) is 10.6 Å². The van der Waals surface area contributed by atoms with Crippen molar-refractivity contribution < 1.29 is 0 Å². The first-order valence-electron chi connectivity index (χ1n) is 5.26. The first kappa shape index (κ1) is 14.6. The van der Waals surface area contributed by atoms with Gasteiger partial charge in [-0.1, -0.05) is 0 Å². The highest BCUT2D eigenvalue weighted by molar-refractivity contribution is 7.11. The molecule has 2 heterocycles. The van der Waals surface area contributed by atoms with Gasteiger partial charge in [0.25, 0.3) is 0 Å². The van der Waals surface area contributed by atoms with Crippen molar-refractivity contribution in [3.8, 4) is 0 Å². The number of hydrogen-bond acceptors (Lipinski definition) is 5. The maximum absolute atomic E-state index is 4.42. The highest BCUT2D eigenvalue weighted by Crippen LogP contribution is 2.17. The van der Waals surface area contributed by atoms with Crippen LogP contribution in [0, 0.1) is 13.8 Å². The van der Waals surface area contributed by atoms with Gasteiger partial charge >= 0.3 is 0 Å². The van der Waals surface area contributed by atoms with Crippen LogP contribution < -0.4 is 5.32 Å². The number of thiazole rings is 2. The van der Waals surface area contributed by atoms with E-state index in [0.717, 1.165) is 30.2 Å². The third-order valence-electron chi connectivity index (χ3n) is 2.32. The third kappa shape index (κ3) is 4.35. The molecule has 0 fully saturated rings. The number of aryl methyl sites for hydroxylation is 2. The Morgan fingerprint density at radius 3 is 2.76 bits per heavy atom. The first-order valence-corrected chi connectivity index (χ1v) is 7.02. The van der Waals surface area contributed by atoms with Gasteiger partial charge in [-0.05, 0) is 20.3 Å². The lowest BCUT2D eigenvalue weighted by atomic mass is 10.3. The molecular weight excluding hydrogens is 274 g/mol.